The average molecular weight is 301 g/mol. The van der Waals surface area contributed by atoms with Crippen molar-refractivity contribution in [1.29, 1.82) is 0 Å². The Balaban J connectivity index is 1.82. The van der Waals surface area contributed by atoms with E-state index < -0.39 is 0 Å². The summed E-state index contributed by atoms with van der Waals surface area (Å²) in [4.78, 5) is 12.2. The summed E-state index contributed by atoms with van der Waals surface area (Å²) in [5.74, 6) is -0.119. The molecule has 23 heavy (non-hydrogen) atoms. The summed E-state index contributed by atoms with van der Waals surface area (Å²) in [5.41, 5.74) is 4.09. The van der Waals surface area contributed by atoms with E-state index in [1.54, 1.807) is 6.08 Å². The van der Waals surface area contributed by atoms with Crippen LogP contribution in [0, 0.1) is 13.8 Å². The topological polar surface area (TPSA) is 29.1 Å². The molecular weight excluding hydrogens is 282 g/mol. The third-order valence-electron chi connectivity index (χ3n) is 3.89. The van der Waals surface area contributed by atoms with E-state index in [9.17, 15) is 4.79 Å². The summed E-state index contributed by atoms with van der Waals surface area (Å²) in [6.07, 6.45) is 3.45. The van der Waals surface area contributed by atoms with Gasteiger partial charge in [-0.25, -0.2) is 0 Å². The third kappa shape index (κ3) is 3.49. The lowest BCUT2D eigenvalue weighted by molar-refractivity contribution is -0.111. The Labute approximate surface area is 136 Å². The summed E-state index contributed by atoms with van der Waals surface area (Å²) in [6.45, 7) is 4.00. The van der Waals surface area contributed by atoms with Gasteiger partial charge in [-0.15, -0.1) is 0 Å². The first-order valence-electron chi connectivity index (χ1n) is 7.67. The van der Waals surface area contributed by atoms with E-state index in [-0.39, 0.29) is 5.91 Å². The quantitative estimate of drug-likeness (QED) is 0.669. The number of rotatable bonds is 3. The van der Waals surface area contributed by atoms with Crippen molar-refractivity contribution in [1.82, 2.24) is 0 Å². The lowest BCUT2D eigenvalue weighted by Crippen LogP contribution is -2.09. The fraction of sp³-hybridized carbons (Fsp3) is 0.0952. The average Bonchev–Trinajstić information content (AvgIpc) is 2.56. The minimum absolute atomic E-state index is 0.119. The molecule has 0 fully saturated rings. The summed E-state index contributed by atoms with van der Waals surface area (Å²) in [7, 11) is 0. The fourth-order valence-corrected chi connectivity index (χ4v) is 2.61. The second-order valence-electron chi connectivity index (χ2n) is 5.71. The molecule has 2 nitrogen and oxygen atoms in total. The Kier molecular flexibility index (Phi) is 4.24. The fourth-order valence-electron chi connectivity index (χ4n) is 2.61. The lowest BCUT2D eigenvalue weighted by atomic mass is 10.0. The van der Waals surface area contributed by atoms with Crippen molar-refractivity contribution in [3.05, 3.63) is 83.4 Å². The van der Waals surface area contributed by atoms with E-state index in [0.29, 0.717) is 0 Å². The predicted molar refractivity (Wildman–Crippen MR) is 97.5 cm³/mol. The molecule has 2 heteroatoms. The van der Waals surface area contributed by atoms with Gasteiger partial charge in [0.2, 0.25) is 5.91 Å². The van der Waals surface area contributed by atoms with Gasteiger partial charge in [0.15, 0.2) is 0 Å². The third-order valence-corrected chi connectivity index (χ3v) is 3.89. The SMILES string of the molecule is Cc1ccc(C)c(NC(=O)/C=C/c2cccc3ccccc23)c1. The van der Waals surface area contributed by atoms with Gasteiger partial charge in [-0.05, 0) is 53.5 Å². The Hall–Kier alpha value is -2.87. The number of carbonyl (C=O) groups excluding carboxylic acids is 1. The van der Waals surface area contributed by atoms with E-state index in [2.05, 4.69) is 23.5 Å². The molecule has 0 aromatic heterocycles. The Morgan fingerprint density at radius 3 is 2.61 bits per heavy atom. The van der Waals surface area contributed by atoms with Gasteiger partial charge in [0.05, 0.1) is 0 Å². The number of nitrogens with one attached hydrogen (secondary N) is 1. The van der Waals surface area contributed by atoms with Crippen molar-refractivity contribution in [3.8, 4) is 0 Å². The maximum Gasteiger partial charge on any atom is 0.248 e. The number of hydrogen-bond acceptors (Lipinski definition) is 1. The molecule has 0 aliphatic carbocycles. The van der Waals surface area contributed by atoms with Gasteiger partial charge in [0, 0.05) is 11.8 Å². The van der Waals surface area contributed by atoms with Gasteiger partial charge in [0.1, 0.15) is 0 Å². The molecule has 0 bridgehead atoms. The molecule has 0 radical (unpaired) electrons. The largest absolute Gasteiger partial charge is 0.322 e. The van der Waals surface area contributed by atoms with E-state index >= 15 is 0 Å². The molecule has 1 N–H and O–H groups in total. The van der Waals surface area contributed by atoms with Crippen LogP contribution in [0.5, 0.6) is 0 Å². The van der Waals surface area contributed by atoms with Crippen molar-refractivity contribution in [2.24, 2.45) is 0 Å². The van der Waals surface area contributed by atoms with Crippen LogP contribution in [-0.4, -0.2) is 5.91 Å². The minimum Gasteiger partial charge on any atom is -0.322 e. The van der Waals surface area contributed by atoms with Crippen LogP contribution in [-0.2, 0) is 4.79 Å². The Bertz CT molecular complexity index is 888. The number of carbonyl (C=O) groups is 1. The van der Waals surface area contributed by atoms with Gasteiger partial charge >= 0.3 is 0 Å². The van der Waals surface area contributed by atoms with Crippen LogP contribution in [0.2, 0.25) is 0 Å². The molecule has 0 heterocycles. The molecule has 3 aromatic carbocycles. The summed E-state index contributed by atoms with van der Waals surface area (Å²) in [6, 6.07) is 20.3. The monoisotopic (exact) mass is 301 g/mol. The van der Waals surface area contributed by atoms with E-state index in [1.807, 2.05) is 62.4 Å². The lowest BCUT2D eigenvalue weighted by Gasteiger charge is -2.07. The molecule has 0 unspecified atom stereocenters. The van der Waals surface area contributed by atoms with Crippen molar-refractivity contribution in [2.45, 2.75) is 13.8 Å². The summed E-state index contributed by atoms with van der Waals surface area (Å²) >= 11 is 0. The Morgan fingerprint density at radius 1 is 0.957 bits per heavy atom. The molecule has 0 saturated carbocycles. The van der Waals surface area contributed by atoms with Crippen LogP contribution in [0.3, 0.4) is 0 Å². The number of fused-ring (bicyclic) bond motifs is 1. The van der Waals surface area contributed by atoms with Gasteiger partial charge in [0.25, 0.3) is 0 Å². The zero-order chi connectivity index (χ0) is 16.2. The van der Waals surface area contributed by atoms with E-state index in [0.717, 1.165) is 27.8 Å². The number of anilines is 1. The van der Waals surface area contributed by atoms with E-state index in [4.69, 9.17) is 0 Å². The number of hydrogen-bond donors (Lipinski definition) is 1. The molecule has 0 saturated heterocycles. The summed E-state index contributed by atoms with van der Waals surface area (Å²) < 4.78 is 0. The highest BCUT2D eigenvalue weighted by atomic mass is 16.1. The van der Waals surface area contributed by atoms with Crippen LogP contribution >= 0.6 is 0 Å². The van der Waals surface area contributed by atoms with Crippen LogP contribution in [0.4, 0.5) is 5.69 Å². The molecule has 0 aliphatic rings. The molecular formula is C21H19NO. The second-order valence-corrected chi connectivity index (χ2v) is 5.71. The first-order valence-corrected chi connectivity index (χ1v) is 7.67. The molecule has 0 atom stereocenters. The van der Waals surface area contributed by atoms with Crippen molar-refractivity contribution in [3.63, 3.8) is 0 Å². The second kappa shape index (κ2) is 6.49. The number of amides is 1. The maximum atomic E-state index is 12.2. The smallest absolute Gasteiger partial charge is 0.248 e. The van der Waals surface area contributed by atoms with Crippen LogP contribution < -0.4 is 5.32 Å². The minimum atomic E-state index is -0.119. The first-order chi connectivity index (χ1) is 11.1. The number of aryl methyl sites for hydroxylation is 2. The van der Waals surface area contributed by atoms with Gasteiger partial charge in [-0.3, -0.25) is 4.79 Å². The molecule has 0 spiro atoms. The zero-order valence-electron chi connectivity index (χ0n) is 13.3. The molecule has 1 amide bonds. The van der Waals surface area contributed by atoms with Crippen molar-refractivity contribution >= 4 is 28.4 Å². The number of benzene rings is 3. The van der Waals surface area contributed by atoms with Gasteiger partial charge in [-0.2, -0.15) is 0 Å². The first kappa shape index (κ1) is 15.0. The highest BCUT2D eigenvalue weighted by molar-refractivity contribution is 6.04. The van der Waals surface area contributed by atoms with Gasteiger partial charge < -0.3 is 5.32 Å². The van der Waals surface area contributed by atoms with Crippen molar-refractivity contribution < 1.29 is 4.79 Å². The normalized spacial score (nSPS) is 11.0. The van der Waals surface area contributed by atoms with E-state index in [1.165, 1.54) is 5.39 Å². The van der Waals surface area contributed by atoms with Crippen LogP contribution in [0.1, 0.15) is 16.7 Å². The molecule has 114 valence electrons. The molecule has 3 rings (SSSR count). The highest BCUT2D eigenvalue weighted by Gasteiger charge is 2.02. The highest BCUT2D eigenvalue weighted by Crippen LogP contribution is 2.20. The molecule has 3 aromatic rings. The van der Waals surface area contributed by atoms with Crippen molar-refractivity contribution in [2.75, 3.05) is 5.32 Å². The van der Waals surface area contributed by atoms with Gasteiger partial charge in [-0.1, -0.05) is 54.6 Å². The zero-order valence-corrected chi connectivity index (χ0v) is 13.3. The predicted octanol–water partition coefficient (Wildman–Crippen LogP) is 5.11. The molecule has 0 aliphatic heterocycles. The summed E-state index contributed by atoms with van der Waals surface area (Å²) in [5, 5.41) is 5.26. The Morgan fingerprint density at radius 2 is 1.74 bits per heavy atom. The maximum absolute atomic E-state index is 12.2. The standard InChI is InChI=1S/C21H19NO/c1-15-10-11-16(2)20(14-15)22-21(23)13-12-18-8-5-7-17-6-3-4-9-19(17)18/h3-14H,1-2H3,(H,22,23)/b13-12+. The van der Waals surface area contributed by atoms with Crippen LogP contribution in [0.25, 0.3) is 16.8 Å². The van der Waals surface area contributed by atoms with Crippen LogP contribution in [0.15, 0.2) is 66.7 Å².